The highest BCUT2D eigenvalue weighted by atomic mass is 19.4. The summed E-state index contributed by atoms with van der Waals surface area (Å²) in [4.78, 5) is 13.2. The number of hydrogen-bond donors (Lipinski definition) is 1. The summed E-state index contributed by atoms with van der Waals surface area (Å²) in [5, 5.41) is 0. The maximum atomic E-state index is 13.4. The van der Waals surface area contributed by atoms with Gasteiger partial charge < -0.3 is 4.98 Å². The molecular formula is C20H18F4N4. The van der Waals surface area contributed by atoms with Crippen molar-refractivity contribution in [2.24, 2.45) is 0 Å². The Bertz CT molecular complexity index is 949. The molecule has 146 valence electrons. The van der Waals surface area contributed by atoms with Crippen molar-refractivity contribution in [2.75, 3.05) is 13.1 Å². The summed E-state index contributed by atoms with van der Waals surface area (Å²) in [6.07, 6.45) is 0.368. The number of nitrogens with one attached hydrogen (secondary N) is 1. The summed E-state index contributed by atoms with van der Waals surface area (Å²) in [5.41, 5.74) is 2.76. The van der Waals surface area contributed by atoms with Gasteiger partial charge >= 0.3 is 6.18 Å². The molecule has 1 aliphatic rings. The largest absolute Gasteiger partial charge is 0.401 e. The number of aromatic amines is 1. The number of imidazole rings is 1. The number of alkyl halides is 3. The summed E-state index contributed by atoms with van der Waals surface area (Å²) in [7, 11) is 0. The number of nitrogens with zero attached hydrogens (tertiary/aromatic N) is 3. The van der Waals surface area contributed by atoms with Gasteiger partial charge in [0, 0.05) is 17.3 Å². The Balaban J connectivity index is 1.53. The highest BCUT2D eigenvalue weighted by molar-refractivity contribution is 5.64. The van der Waals surface area contributed by atoms with E-state index in [-0.39, 0.29) is 11.9 Å². The van der Waals surface area contributed by atoms with E-state index in [1.54, 1.807) is 30.6 Å². The second-order valence-electron chi connectivity index (χ2n) is 6.87. The van der Waals surface area contributed by atoms with Crippen LogP contribution < -0.4 is 0 Å². The fourth-order valence-corrected chi connectivity index (χ4v) is 3.58. The van der Waals surface area contributed by atoms with Gasteiger partial charge in [0.2, 0.25) is 0 Å². The molecule has 1 unspecified atom stereocenters. The lowest BCUT2D eigenvalue weighted by atomic mass is 10.1. The number of likely N-dealkylation sites (tertiary alicyclic amines) is 1. The third-order valence-electron chi connectivity index (χ3n) is 4.85. The molecule has 1 aliphatic heterocycles. The Labute approximate surface area is 159 Å². The number of benzene rings is 1. The van der Waals surface area contributed by atoms with Gasteiger partial charge in [-0.05, 0) is 43.7 Å². The maximum absolute atomic E-state index is 13.4. The van der Waals surface area contributed by atoms with E-state index in [2.05, 4.69) is 15.0 Å². The minimum atomic E-state index is -4.23. The molecule has 0 aliphatic carbocycles. The summed E-state index contributed by atoms with van der Waals surface area (Å²) in [6, 6.07) is 9.41. The standard InChI is InChI=1S/C20H18F4N4/c21-15-4-1-3-13(9-15)16-7-6-14(10-25-16)17-11-26-19(27-17)18-5-2-8-28(18)12-20(22,23)24/h1,3-4,6-7,9-11,18H,2,5,8,12H2,(H,26,27). The molecule has 2 aromatic heterocycles. The zero-order valence-corrected chi connectivity index (χ0v) is 14.9. The minimum absolute atomic E-state index is 0.332. The molecule has 0 spiro atoms. The van der Waals surface area contributed by atoms with Crippen LogP contribution >= 0.6 is 0 Å². The van der Waals surface area contributed by atoms with Gasteiger partial charge in [0.25, 0.3) is 0 Å². The summed E-state index contributed by atoms with van der Waals surface area (Å²) in [6.45, 7) is -0.526. The smallest absolute Gasteiger partial charge is 0.341 e. The predicted octanol–water partition coefficient (Wildman–Crippen LogP) is 4.98. The van der Waals surface area contributed by atoms with Crippen molar-refractivity contribution in [3.63, 3.8) is 0 Å². The first-order valence-corrected chi connectivity index (χ1v) is 8.97. The number of H-pyrrole nitrogens is 1. The van der Waals surface area contributed by atoms with Crippen LogP contribution in [0.4, 0.5) is 17.6 Å². The molecular weight excluding hydrogens is 372 g/mol. The molecule has 4 rings (SSSR count). The van der Waals surface area contributed by atoms with Crippen LogP contribution in [0.5, 0.6) is 0 Å². The van der Waals surface area contributed by atoms with Gasteiger partial charge in [0.05, 0.1) is 30.2 Å². The fraction of sp³-hybridized carbons (Fsp3) is 0.300. The summed E-state index contributed by atoms with van der Waals surface area (Å²) < 4.78 is 51.7. The van der Waals surface area contributed by atoms with Crippen LogP contribution in [0.3, 0.4) is 0 Å². The monoisotopic (exact) mass is 390 g/mol. The maximum Gasteiger partial charge on any atom is 0.401 e. The lowest BCUT2D eigenvalue weighted by Crippen LogP contribution is -2.34. The third kappa shape index (κ3) is 4.06. The lowest BCUT2D eigenvalue weighted by Gasteiger charge is -2.23. The number of pyridine rings is 1. The number of rotatable bonds is 4. The average molecular weight is 390 g/mol. The molecule has 1 aromatic carbocycles. The molecule has 0 saturated carbocycles. The zero-order valence-electron chi connectivity index (χ0n) is 14.9. The molecule has 4 nitrogen and oxygen atoms in total. The van der Waals surface area contributed by atoms with E-state index in [9.17, 15) is 17.6 Å². The first kappa shape index (κ1) is 18.6. The average Bonchev–Trinajstić information content (AvgIpc) is 3.30. The van der Waals surface area contributed by atoms with Gasteiger partial charge in [-0.1, -0.05) is 12.1 Å². The molecule has 8 heteroatoms. The summed E-state index contributed by atoms with van der Waals surface area (Å²) in [5.74, 6) is 0.201. The molecule has 0 amide bonds. The van der Waals surface area contributed by atoms with Crippen molar-refractivity contribution in [3.05, 3.63) is 60.4 Å². The summed E-state index contributed by atoms with van der Waals surface area (Å²) >= 11 is 0. The SMILES string of the molecule is Fc1cccc(-c2ccc(-c3cnc(C4CCCN4CC(F)(F)F)[nH]3)cn2)c1. The van der Waals surface area contributed by atoms with Gasteiger partial charge in [-0.15, -0.1) is 0 Å². The Morgan fingerprint density at radius 3 is 2.64 bits per heavy atom. The van der Waals surface area contributed by atoms with Crippen molar-refractivity contribution >= 4 is 0 Å². The number of hydrogen-bond acceptors (Lipinski definition) is 3. The molecule has 0 bridgehead atoms. The third-order valence-corrected chi connectivity index (χ3v) is 4.85. The quantitative estimate of drug-likeness (QED) is 0.640. The van der Waals surface area contributed by atoms with Gasteiger partial charge in [0.1, 0.15) is 11.6 Å². The topological polar surface area (TPSA) is 44.8 Å². The number of halogens is 4. The van der Waals surface area contributed by atoms with E-state index in [1.807, 2.05) is 6.07 Å². The van der Waals surface area contributed by atoms with Gasteiger partial charge in [-0.2, -0.15) is 13.2 Å². The normalized spacial score (nSPS) is 17.9. The van der Waals surface area contributed by atoms with Crippen LogP contribution in [0.25, 0.3) is 22.5 Å². The van der Waals surface area contributed by atoms with Crippen molar-refractivity contribution in [1.29, 1.82) is 0 Å². The second kappa shape index (κ2) is 7.35. The van der Waals surface area contributed by atoms with Crippen LogP contribution in [0.15, 0.2) is 48.8 Å². The Kier molecular flexibility index (Phi) is 4.89. The van der Waals surface area contributed by atoms with Crippen molar-refractivity contribution in [1.82, 2.24) is 19.9 Å². The molecule has 1 fully saturated rings. The molecule has 0 radical (unpaired) electrons. The van der Waals surface area contributed by atoms with Crippen molar-refractivity contribution in [3.8, 4) is 22.5 Å². The van der Waals surface area contributed by atoms with Crippen molar-refractivity contribution in [2.45, 2.75) is 25.1 Å². The van der Waals surface area contributed by atoms with E-state index in [0.717, 1.165) is 5.56 Å². The van der Waals surface area contributed by atoms with Crippen LogP contribution in [0.1, 0.15) is 24.7 Å². The fourth-order valence-electron chi connectivity index (χ4n) is 3.58. The van der Waals surface area contributed by atoms with E-state index < -0.39 is 12.7 Å². The van der Waals surface area contributed by atoms with E-state index in [0.29, 0.717) is 42.2 Å². The van der Waals surface area contributed by atoms with Crippen LogP contribution in [0.2, 0.25) is 0 Å². The van der Waals surface area contributed by atoms with Crippen molar-refractivity contribution < 1.29 is 17.6 Å². The van der Waals surface area contributed by atoms with Gasteiger partial charge in [-0.25, -0.2) is 9.37 Å². The Morgan fingerprint density at radius 2 is 1.93 bits per heavy atom. The van der Waals surface area contributed by atoms with E-state index in [4.69, 9.17) is 0 Å². The second-order valence-corrected chi connectivity index (χ2v) is 6.87. The molecule has 28 heavy (non-hydrogen) atoms. The predicted molar refractivity (Wildman–Crippen MR) is 96.8 cm³/mol. The molecule has 3 heterocycles. The molecule has 1 saturated heterocycles. The van der Waals surface area contributed by atoms with Crippen LogP contribution in [-0.2, 0) is 0 Å². The zero-order chi connectivity index (χ0) is 19.7. The Hall–Kier alpha value is -2.74. The highest BCUT2D eigenvalue weighted by Gasteiger charge is 2.37. The minimum Gasteiger partial charge on any atom is -0.341 e. The first-order valence-electron chi connectivity index (χ1n) is 8.97. The molecule has 3 aromatic rings. The number of aromatic nitrogens is 3. The van der Waals surface area contributed by atoms with Crippen LogP contribution in [0, 0.1) is 5.82 Å². The highest BCUT2D eigenvalue weighted by Crippen LogP contribution is 2.34. The van der Waals surface area contributed by atoms with Crippen LogP contribution in [-0.4, -0.2) is 39.1 Å². The molecule has 1 atom stereocenters. The first-order chi connectivity index (χ1) is 13.4. The lowest BCUT2D eigenvalue weighted by molar-refractivity contribution is -0.148. The van der Waals surface area contributed by atoms with Gasteiger partial charge in [0.15, 0.2) is 0 Å². The Morgan fingerprint density at radius 1 is 1.07 bits per heavy atom. The van der Waals surface area contributed by atoms with E-state index in [1.165, 1.54) is 17.0 Å². The van der Waals surface area contributed by atoms with Gasteiger partial charge in [-0.3, -0.25) is 9.88 Å². The molecule has 1 N–H and O–H groups in total. The van der Waals surface area contributed by atoms with E-state index >= 15 is 0 Å².